The molecule has 1 aliphatic heterocycles. The molecule has 1 N–H and O–H groups in total. The molecule has 27 heavy (non-hydrogen) atoms. The summed E-state index contributed by atoms with van der Waals surface area (Å²) in [5.74, 6) is 1.89. The van der Waals surface area contributed by atoms with Crippen molar-refractivity contribution in [3.63, 3.8) is 0 Å². The van der Waals surface area contributed by atoms with E-state index in [1.54, 1.807) is 17.0 Å². The summed E-state index contributed by atoms with van der Waals surface area (Å²) in [5, 5.41) is 2.84. The van der Waals surface area contributed by atoms with E-state index in [0.29, 0.717) is 25.1 Å². The maximum Gasteiger partial charge on any atom is 0.247 e. The van der Waals surface area contributed by atoms with Gasteiger partial charge in [-0.25, -0.2) is 4.39 Å². The van der Waals surface area contributed by atoms with Gasteiger partial charge in [0, 0.05) is 19.5 Å². The highest BCUT2D eigenvalue weighted by Crippen LogP contribution is 2.61. The lowest BCUT2D eigenvalue weighted by molar-refractivity contribution is -0.149. The minimum absolute atomic E-state index is 0.0704. The van der Waals surface area contributed by atoms with Gasteiger partial charge in [0.05, 0.1) is 0 Å². The second-order valence-electron chi connectivity index (χ2n) is 9.43. The first kappa shape index (κ1) is 17.2. The van der Waals surface area contributed by atoms with Crippen LogP contribution < -0.4 is 5.32 Å². The van der Waals surface area contributed by atoms with Crippen molar-refractivity contribution in [3.8, 4) is 0 Å². The Bertz CT molecular complexity index is 742. The molecule has 2 amide bonds. The van der Waals surface area contributed by atoms with Gasteiger partial charge in [0.1, 0.15) is 11.9 Å². The van der Waals surface area contributed by atoms with Crippen LogP contribution in [0.3, 0.4) is 0 Å². The van der Waals surface area contributed by atoms with Crippen LogP contribution in [-0.2, 0) is 9.59 Å². The van der Waals surface area contributed by atoms with E-state index >= 15 is 0 Å². The van der Waals surface area contributed by atoms with Crippen LogP contribution in [0.25, 0.3) is 0 Å². The van der Waals surface area contributed by atoms with Crippen LogP contribution >= 0.6 is 0 Å². The number of nitrogens with zero attached hydrogens (tertiary/aromatic N) is 1. The first-order valence-corrected chi connectivity index (χ1v) is 10.3. The predicted molar refractivity (Wildman–Crippen MR) is 99.1 cm³/mol. The molecule has 6 rings (SSSR count). The second-order valence-corrected chi connectivity index (χ2v) is 9.43. The van der Waals surface area contributed by atoms with Gasteiger partial charge in [-0.2, -0.15) is 0 Å². The smallest absolute Gasteiger partial charge is 0.247 e. The zero-order valence-corrected chi connectivity index (χ0v) is 15.6. The monoisotopic (exact) mass is 370 g/mol. The van der Waals surface area contributed by atoms with E-state index < -0.39 is 6.04 Å². The molecule has 1 unspecified atom stereocenters. The van der Waals surface area contributed by atoms with Crippen LogP contribution in [0.4, 0.5) is 4.39 Å². The van der Waals surface area contributed by atoms with Crippen molar-refractivity contribution in [1.82, 2.24) is 10.2 Å². The topological polar surface area (TPSA) is 49.4 Å². The van der Waals surface area contributed by atoms with Gasteiger partial charge in [-0.15, -0.1) is 0 Å². The van der Waals surface area contributed by atoms with Crippen molar-refractivity contribution in [1.29, 1.82) is 0 Å². The summed E-state index contributed by atoms with van der Waals surface area (Å²) in [6, 6.07) is 5.38. The summed E-state index contributed by atoms with van der Waals surface area (Å²) in [7, 11) is 0. The van der Waals surface area contributed by atoms with Gasteiger partial charge in [-0.3, -0.25) is 9.59 Å². The van der Waals surface area contributed by atoms with Crippen LogP contribution in [0.5, 0.6) is 0 Å². The van der Waals surface area contributed by atoms with E-state index in [4.69, 9.17) is 0 Å². The van der Waals surface area contributed by atoms with Crippen molar-refractivity contribution in [2.24, 2.45) is 23.2 Å². The highest BCUT2D eigenvalue weighted by molar-refractivity contribution is 5.90. The van der Waals surface area contributed by atoms with Gasteiger partial charge in [0.25, 0.3) is 0 Å². The van der Waals surface area contributed by atoms with Crippen LogP contribution in [0.15, 0.2) is 24.3 Å². The number of piperazine rings is 1. The van der Waals surface area contributed by atoms with Crippen molar-refractivity contribution < 1.29 is 14.0 Å². The number of halogens is 1. The maximum absolute atomic E-state index is 13.7. The molecule has 1 heterocycles. The van der Waals surface area contributed by atoms with Gasteiger partial charge in [-0.05, 0) is 79.4 Å². The third-order valence-corrected chi connectivity index (χ3v) is 7.39. The Kier molecular flexibility index (Phi) is 4.03. The molecule has 1 aromatic carbocycles. The average molecular weight is 370 g/mol. The fraction of sp³-hybridized carbons (Fsp3) is 0.636. The summed E-state index contributed by atoms with van der Waals surface area (Å²) in [5.41, 5.74) is 0.706. The SMILES string of the molecule is O=C1NCCN(C(=O)CC23CC4CC(CC(C4)C2)C3)C1c1cccc(F)c1. The normalized spacial score (nSPS) is 37.4. The molecule has 144 valence electrons. The van der Waals surface area contributed by atoms with E-state index in [-0.39, 0.29) is 23.0 Å². The van der Waals surface area contributed by atoms with Crippen LogP contribution in [0.1, 0.15) is 56.6 Å². The molecule has 1 aromatic rings. The summed E-state index contributed by atoms with van der Waals surface area (Å²) in [6.45, 7) is 0.968. The van der Waals surface area contributed by atoms with Gasteiger partial charge >= 0.3 is 0 Å². The molecule has 0 spiro atoms. The first-order valence-electron chi connectivity index (χ1n) is 10.3. The Morgan fingerprint density at radius 3 is 2.44 bits per heavy atom. The fourth-order valence-electron chi connectivity index (χ4n) is 6.87. The lowest BCUT2D eigenvalue weighted by Gasteiger charge is -2.57. The molecular weight excluding hydrogens is 343 g/mol. The van der Waals surface area contributed by atoms with E-state index in [9.17, 15) is 14.0 Å². The van der Waals surface area contributed by atoms with Crippen LogP contribution in [-0.4, -0.2) is 29.8 Å². The number of hydrogen-bond donors (Lipinski definition) is 1. The number of nitrogens with one attached hydrogen (secondary N) is 1. The zero-order valence-electron chi connectivity index (χ0n) is 15.6. The Hall–Kier alpha value is -1.91. The molecule has 1 saturated heterocycles. The van der Waals surface area contributed by atoms with Crippen molar-refractivity contribution in [2.45, 2.75) is 51.0 Å². The van der Waals surface area contributed by atoms with Crippen LogP contribution in [0, 0.1) is 29.0 Å². The van der Waals surface area contributed by atoms with Crippen molar-refractivity contribution in [2.75, 3.05) is 13.1 Å². The van der Waals surface area contributed by atoms with Crippen LogP contribution in [0.2, 0.25) is 0 Å². The maximum atomic E-state index is 13.7. The van der Waals surface area contributed by atoms with Gasteiger partial charge < -0.3 is 10.2 Å². The summed E-state index contributed by atoms with van der Waals surface area (Å²) >= 11 is 0. The van der Waals surface area contributed by atoms with Gasteiger partial charge in [0.2, 0.25) is 11.8 Å². The molecule has 1 atom stereocenters. The third kappa shape index (κ3) is 3.05. The number of carbonyl (C=O) groups excluding carboxylic acids is 2. The summed E-state index contributed by atoms with van der Waals surface area (Å²) < 4.78 is 13.7. The predicted octanol–water partition coefficient (Wildman–Crippen LogP) is 3.43. The molecule has 5 fully saturated rings. The highest BCUT2D eigenvalue weighted by Gasteiger charge is 2.52. The summed E-state index contributed by atoms with van der Waals surface area (Å²) in [4.78, 5) is 27.6. The zero-order chi connectivity index (χ0) is 18.6. The molecule has 0 aromatic heterocycles. The Morgan fingerprint density at radius 1 is 1.15 bits per heavy atom. The van der Waals surface area contributed by atoms with E-state index in [1.165, 1.54) is 50.7 Å². The number of amides is 2. The fourth-order valence-corrected chi connectivity index (χ4v) is 6.87. The Labute approximate surface area is 159 Å². The molecule has 4 bridgehead atoms. The van der Waals surface area contributed by atoms with E-state index in [1.807, 2.05) is 0 Å². The highest BCUT2D eigenvalue weighted by atomic mass is 19.1. The van der Waals surface area contributed by atoms with E-state index in [0.717, 1.165) is 17.8 Å². The molecule has 0 radical (unpaired) electrons. The molecular formula is C22H27FN2O2. The molecule has 5 heteroatoms. The lowest BCUT2D eigenvalue weighted by Crippen LogP contribution is -2.54. The average Bonchev–Trinajstić information content (AvgIpc) is 2.59. The molecule has 4 saturated carbocycles. The minimum atomic E-state index is -0.712. The second kappa shape index (κ2) is 6.32. The standard InChI is InChI=1S/C22H27FN2O2/c23-18-3-1-2-17(9-18)20-21(27)24-4-5-25(20)19(26)13-22-10-14-6-15(11-22)8-16(7-14)12-22/h1-3,9,14-16,20H,4-8,10-13H2,(H,24,27). The molecule has 5 aliphatic rings. The largest absolute Gasteiger partial charge is 0.352 e. The number of benzene rings is 1. The molecule has 4 nitrogen and oxygen atoms in total. The Balaban J connectivity index is 1.39. The number of rotatable bonds is 3. The molecule has 4 aliphatic carbocycles. The van der Waals surface area contributed by atoms with Crippen molar-refractivity contribution in [3.05, 3.63) is 35.6 Å². The third-order valence-electron chi connectivity index (χ3n) is 7.39. The van der Waals surface area contributed by atoms with Gasteiger partial charge in [0.15, 0.2) is 0 Å². The number of carbonyl (C=O) groups is 2. The lowest BCUT2D eigenvalue weighted by atomic mass is 9.49. The minimum Gasteiger partial charge on any atom is -0.352 e. The first-order chi connectivity index (χ1) is 13.0. The number of hydrogen-bond acceptors (Lipinski definition) is 2. The van der Waals surface area contributed by atoms with Gasteiger partial charge in [-0.1, -0.05) is 12.1 Å². The Morgan fingerprint density at radius 2 is 1.81 bits per heavy atom. The van der Waals surface area contributed by atoms with E-state index in [2.05, 4.69) is 5.32 Å². The quantitative estimate of drug-likeness (QED) is 0.886. The summed E-state index contributed by atoms with van der Waals surface area (Å²) in [6.07, 6.45) is 8.14. The van der Waals surface area contributed by atoms with Crippen molar-refractivity contribution >= 4 is 11.8 Å².